The van der Waals surface area contributed by atoms with Crippen molar-refractivity contribution in [1.82, 2.24) is 19.4 Å². The molecule has 11 heavy (non-hydrogen) atoms. The Balaban J connectivity index is 2.45. The van der Waals surface area contributed by atoms with Crippen molar-refractivity contribution in [3.63, 3.8) is 0 Å². The predicted molar refractivity (Wildman–Crippen MR) is 41.4 cm³/mol. The Kier molecular flexibility index (Phi) is 1.32. The molecule has 5 nitrogen and oxygen atoms in total. The van der Waals surface area contributed by atoms with E-state index < -0.39 is 0 Å². The lowest BCUT2D eigenvalue weighted by atomic mass is 10.6. The number of hydrogen-bond donors (Lipinski definition) is 1. The number of nitrogens with zero attached hydrogens (tertiary/aromatic N) is 4. The first-order chi connectivity index (χ1) is 5.36. The summed E-state index contributed by atoms with van der Waals surface area (Å²) in [5, 5.41) is 8.52. The number of rotatable bonds is 1. The van der Waals surface area contributed by atoms with E-state index in [4.69, 9.17) is 5.73 Å². The zero-order valence-corrected chi connectivity index (χ0v) is 6.32. The van der Waals surface area contributed by atoms with Crippen LogP contribution in [0.1, 0.15) is 0 Å². The summed E-state index contributed by atoms with van der Waals surface area (Å²) in [6.07, 6.45) is 4.94. The molecule has 0 aliphatic heterocycles. The number of aromatic nitrogens is 4. The van der Waals surface area contributed by atoms with E-state index in [0.717, 1.165) is 5.00 Å². The first kappa shape index (κ1) is 6.29. The molecule has 0 bridgehead atoms. The monoisotopic (exact) mass is 167 g/mol. The smallest absolute Gasteiger partial charge is 0.158 e. The van der Waals surface area contributed by atoms with E-state index in [9.17, 15) is 0 Å². The SMILES string of the molecule is Nc1cnn(-c2cnns2)c1. The Morgan fingerprint density at radius 3 is 2.91 bits per heavy atom. The zero-order chi connectivity index (χ0) is 7.68. The van der Waals surface area contributed by atoms with Crippen molar-refractivity contribution < 1.29 is 0 Å². The molecule has 0 atom stereocenters. The lowest BCUT2D eigenvalue weighted by Crippen LogP contribution is -1.89. The van der Waals surface area contributed by atoms with Crippen LogP contribution in [0.2, 0.25) is 0 Å². The van der Waals surface area contributed by atoms with Gasteiger partial charge >= 0.3 is 0 Å². The van der Waals surface area contributed by atoms with Gasteiger partial charge in [-0.25, -0.2) is 4.68 Å². The first-order valence-corrected chi connectivity index (χ1v) is 3.71. The van der Waals surface area contributed by atoms with Gasteiger partial charge in [-0.3, -0.25) is 0 Å². The minimum Gasteiger partial charge on any atom is -0.396 e. The summed E-state index contributed by atoms with van der Waals surface area (Å²) in [6, 6.07) is 0. The molecule has 0 spiro atoms. The molecule has 0 aliphatic carbocycles. The summed E-state index contributed by atoms with van der Waals surface area (Å²) in [5.74, 6) is 0. The van der Waals surface area contributed by atoms with Crippen molar-refractivity contribution in [3.8, 4) is 5.00 Å². The summed E-state index contributed by atoms with van der Waals surface area (Å²) >= 11 is 1.27. The molecule has 2 aromatic rings. The highest BCUT2D eigenvalue weighted by Crippen LogP contribution is 2.10. The second kappa shape index (κ2) is 2.31. The topological polar surface area (TPSA) is 69.6 Å². The Labute approximate surface area is 66.6 Å². The summed E-state index contributed by atoms with van der Waals surface area (Å²) < 4.78 is 5.34. The molecule has 2 aromatic heterocycles. The Morgan fingerprint density at radius 2 is 2.36 bits per heavy atom. The fourth-order valence-electron chi connectivity index (χ4n) is 0.720. The van der Waals surface area contributed by atoms with Gasteiger partial charge in [-0.2, -0.15) is 5.10 Å². The molecule has 0 aromatic carbocycles. The van der Waals surface area contributed by atoms with Crippen molar-refractivity contribution in [2.45, 2.75) is 0 Å². The predicted octanol–water partition coefficient (Wildman–Crippen LogP) is 0.306. The third-order valence-corrected chi connectivity index (χ3v) is 1.83. The van der Waals surface area contributed by atoms with Gasteiger partial charge in [0.1, 0.15) is 0 Å². The van der Waals surface area contributed by atoms with Crippen LogP contribution < -0.4 is 5.73 Å². The van der Waals surface area contributed by atoms with Crippen LogP contribution in [0.3, 0.4) is 0 Å². The van der Waals surface area contributed by atoms with Gasteiger partial charge in [0.05, 0.1) is 24.3 Å². The molecule has 2 N–H and O–H groups in total. The van der Waals surface area contributed by atoms with Crippen LogP contribution >= 0.6 is 11.5 Å². The first-order valence-electron chi connectivity index (χ1n) is 2.94. The van der Waals surface area contributed by atoms with Gasteiger partial charge in [0.15, 0.2) is 5.00 Å². The molecule has 2 heterocycles. The highest BCUT2D eigenvalue weighted by Gasteiger charge is 1.99. The van der Waals surface area contributed by atoms with Crippen LogP contribution in [0.15, 0.2) is 18.6 Å². The van der Waals surface area contributed by atoms with E-state index in [1.54, 1.807) is 23.3 Å². The fraction of sp³-hybridized carbons (Fsp3) is 0. The van der Waals surface area contributed by atoms with Crippen LogP contribution in [0.25, 0.3) is 5.00 Å². The van der Waals surface area contributed by atoms with E-state index >= 15 is 0 Å². The quantitative estimate of drug-likeness (QED) is 0.663. The molecule has 0 radical (unpaired) electrons. The van der Waals surface area contributed by atoms with Gasteiger partial charge in [-0.1, -0.05) is 4.49 Å². The average molecular weight is 167 g/mol. The number of nitrogens with two attached hydrogens (primary N) is 1. The number of hydrogen-bond acceptors (Lipinski definition) is 5. The van der Waals surface area contributed by atoms with Crippen molar-refractivity contribution in [1.29, 1.82) is 0 Å². The molecule has 6 heteroatoms. The summed E-state index contributed by atoms with van der Waals surface area (Å²) in [7, 11) is 0. The maximum atomic E-state index is 5.47. The van der Waals surface area contributed by atoms with Gasteiger partial charge < -0.3 is 5.73 Å². The molecule has 0 saturated carbocycles. The normalized spacial score (nSPS) is 10.2. The molecular weight excluding hydrogens is 162 g/mol. The van der Waals surface area contributed by atoms with Gasteiger partial charge in [-0.15, -0.1) is 5.10 Å². The van der Waals surface area contributed by atoms with Gasteiger partial charge in [-0.05, 0) is 0 Å². The van der Waals surface area contributed by atoms with E-state index in [0.29, 0.717) is 5.69 Å². The number of nitrogen functional groups attached to an aromatic ring is 1. The summed E-state index contributed by atoms with van der Waals surface area (Å²) in [4.78, 5) is 0. The molecular formula is C5H5N5S. The minimum absolute atomic E-state index is 0.637. The Hall–Kier alpha value is -1.43. The van der Waals surface area contributed by atoms with Crippen molar-refractivity contribution in [2.24, 2.45) is 0 Å². The van der Waals surface area contributed by atoms with Crippen LogP contribution in [0.5, 0.6) is 0 Å². The molecule has 0 fully saturated rings. The van der Waals surface area contributed by atoms with Crippen LogP contribution in [-0.4, -0.2) is 19.4 Å². The number of anilines is 1. The molecule has 56 valence electrons. The van der Waals surface area contributed by atoms with E-state index in [1.807, 2.05) is 0 Å². The lowest BCUT2D eigenvalue weighted by molar-refractivity contribution is 0.893. The van der Waals surface area contributed by atoms with Crippen LogP contribution in [-0.2, 0) is 0 Å². The zero-order valence-electron chi connectivity index (χ0n) is 5.51. The molecule has 0 unspecified atom stereocenters. The average Bonchev–Trinajstić information content (AvgIpc) is 2.55. The van der Waals surface area contributed by atoms with Crippen molar-refractivity contribution in [2.75, 3.05) is 5.73 Å². The summed E-state index contributed by atoms with van der Waals surface area (Å²) in [5.41, 5.74) is 6.10. The molecule has 2 rings (SSSR count). The van der Waals surface area contributed by atoms with E-state index in [2.05, 4.69) is 14.7 Å². The maximum absolute atomic E-state index is 5.47. The molecule has 0 amide bonds. The van der Waals surface area contributed by atoms with Gasteiger partial charge in [0, 0.05) is 11.5 Å². The second-order valence-electron chi connectivity index (χ2n) is 1.97. The lowest BCUT2D eigenvalue weighted by Gasteiger charge is -1.89. The minimum atomic E-state index is 0.637. The third kappa shape index (κ3) is 1.07. The fourth-order valence-corrected chi connectivity index (χ4v) is 1.18. The van der Waals surface area contributed by atoms with Crippen LogP contribution in [0.4, 0.5) is 5.69 Å². The molecule has 0 saturated heterocycles. The van der Waals surface area contributed by atoms with E-state index in [1.165, 1.54) is 11.5 Å². The maximum Gasteiger partial charge on any atom is 0.158 e. The van der Waals surface area contributed by atoms with Gasteiger partial charge in [0.25, 0.3) is 0 Å². The Morgan fingerprint density at radius 1 is 1.45 bits per heavy atom. The molecule has 0 aliphatic rings. The largest absolute Gasteiger partial charge is 0.396 e. The highest BCUT2D eigenvalue weighted by molar-refractivity contribution is 7.08. The highest BCUT2D eigenvalue weighted by atomic mass is 32.1. The third-order valence-electron chi connectivity index (χ3n) is 1.18. The van der Waals surface area contributed by atoms with Crippen molar-refractivity contribution >= 4 is 17.2 Å². The standard InChI is InChI=1S/C5H5N5S/c6-4-1-8-10(3-4)5-2-7-9-11-5/h1-3H,6H2. The second-order valence-corrected chi connectivity index (χ2v) is 2.74. The van der Waals surface area contributed by atoms with Crippen molar-refractivity contribution in [3.05, 3.63) is 18.6 Å². The Bertz CT molecular complexity index is 337. The van der Waals surface area contributed by atoms with Gasteiger partial charge in [0.2, 0.25) is 0 Å². The van der Waals surface area contributed by atoms with E-state index in [-0.39, 0.29) is 0 Å². The van der Waals surface area contributed by atoms with Crippen LogP contribution in [0, 0.1) is 0 Å². The summed E-state index contributed by atoms with van der Waals surface area (Å²) in [6.45, 7) is 0.